The van der Waals surface area contributed by atoms with Crippen molar-refractivity contribution in [3.05, 3.63) is 282 Å². The Morgan fingerprint density at radius 3 is 0.943 bits per heavy atom. The van der Waals surface area contributed by atoms with Gasteiger partial charge in [0.05, 0.1) is 125 Å². The van der Waals surface area contributed by atoms with Crippen LogP contribution in [0.25, 0.3) is 45.0 Å². The van der Waals surface area contributed by atoms with Crippen LogP contribution in [0.4, 0.5) is 0 Å². The van der Waals surface area contributed by atoms with Gasteiger partial charge in [-0.25, -0.2) is 0 Å². The van der Waals surface area contributed by atoms with Crippen LogP contribution < -0.4 is 18.9 Å². The minimum absolute atomic E-state index is 0.0149. The van der Waals surface area contributed by atoms with E-state index in [0.29, 0.717) is 55.4 Å². The molecule has 8 aromatic carbocycles. The van der Waals surface area contributed by atoms with Gasteiger partial charge in [-0.15, -0.1) is 0 Å². The molecule has 0 amide bonds. The van der Waals surface area contributed by atoms with Gasteiger partial charge in [-0.05, 0) is 229 Å². The third-order valence-electron chi connectivity index (χ3n) is 20.2. The SMILES string of the molecule is CC(=O)C(C)(C)OCc1cc(-c2cccc(OC(C)C)c2)n(Cc2ccccc2Br)n1.CC(=O)C(C)(C)OCc1cc(-c2cccc(OCC(C)C)c2)n(Cc2ccccc2Cl)n1.CCOc1cccc(-c2cc(COC(C)(C)C(C)=O)nn2Cc2ccccc2Cl)c1.COc1cccc(-c2cc(COC(C)(C)C(C)=O)nn2Cc2ccccc2Br)c1. The molecule has 0 saturated carbocycles. The van der Waals surface area contributed by atoms with Crippen LogP contribution in [0.15, 0.2) is 227 Å². The summed E-state index contributed by atoms with van der Waals surface area (Å²) in [7, 11) is 1.65. The van der Waals surface area contributed by atoms with Crippen molar-refractivity contribution in [2.24, 2.45) is 5.92 Å². The van der Waals surface area contributed by atoms with E-state index in [9.17, 15) is 19.2 Å². The molecule has 0 bridgehead atoms. The molecule has 0 fully saturated rings. The van der Waals surface area contributed by atoms with Crippen molar-refractivity contribution in [2.45, 2.75) is 199 Å². The van der Waals surface area contributed by atoms with Gasteiger partial charge >= 0.3 is 0 Å². The Bertz CT molecular complexity index is 5510. The zero-order valence-corrected chi connectivity index (χ0v) is 77.7. The van der Waals surface area contributed by atoms with Crippen LogP contribution in [0.1, 0.15) is 163 Å². The number of ketones is 4. The molecule has 4 heterocycles. The van der Waals surface area contributed by atoms with Crippen molar-refractivity contribution in [2.75, 3.05) is 20.3 Å². The van der Waals surface area contributed by atoms with Crippen LogP contribution in [0.2, 0.25) is 10.0 Å². The third kappa shape index (κ3) is 27.9. The minimum atomic E-state index is -0.864. The number of carbonyl (C=O) groups is 4. The summed E-state index contributed by atoms with van der Waals surface area (Å²) in [6, 6.07) is 71.4. The van der Waals surface area contributed by atoms with E-state index in [1.807, 2.05) is 246 Å². The van der Waals surface area contributed by atoms with Gasteiger partial charge in [-0.3, -0.25) is 37.9 Å². The molecule has 0 aliphatic rings. The lowest BCUT2D eigenvalue weighted by atomic mass is 10.1. The summed E-state index contributed by atoms with van der Waals surface area (Å²) in [6.07, 6.45) is 0.0956. The van der Waals surface area contributed by atoms with Gasteiger partial charge in [-0.1, -0.05) is 190 Å². The molecule has 4 aromatic heterocycles. The summed E-state index contributed by atoms with van der Waals surface area (Å²) in [6.45, 7) is 35.0. The van der Waals surface area contributed by atoms with Gasteiger partial charge in [0.25, 0.3) is 0 Å². The fourth-order valence-corrected chi connectivity index (χ4v) is 13.1. The van der Waals surface area contributed by atoms with Crippen LogP contribution in [-0.2, 0) is 90.7 Å². The molecular formula is C98H112Br2Cl2N8O12. The van der Waals surface area contributed by atoms with Crippen molar-refractivity contribution in [3.8, 4) is 68.0 Å². The zero-order valence-electron chi connectivity index (χ0n) is 73.0. The highest BCUT2D eigenvalue weighted by Gasteiger charge is 2.30. The average Bonchev–Trinajstić information content (AvgIpc) is 1.68. The fourth-order valence-electron chi connectivity index (χ4n) is 11.9. The summed E-state index contributed by atoms with van der Waals surface area (Å²) in [4.78, 5) is 47.2. The number of ether oxygens (including phenoxy) is 8. The smallest absolute Gasteiger partial charge is 0.161 e. The van der Waals surface area contributed by atoms with Crippen molar-refractivity contribution < 1.29 is 57.1 Å². The number of halogens is 4. The molecule has 12 rings (SSSR count). The molecule has 0 saturated heterocycles. The second-order valence-electron chi connectivity index (χ2n) is 32.1. The number of aromatic nitrogens is 8. The second kappa shape index (κ2) is 44.3. The summed E-state index contributed by atoms with van der Waals surface area (Å²) in [5, 5.41) is 20.5. The van der Waals surface area contributed by atoms with E-state index in [1.165, 1.54) is 27.7 Å². The normalized spacial score (nSPS) is 11.6. The van der Waals surface area contributed by atoms with Crippen LogP contribution in [0.5, 0.6) is 23.0 Å². The molecule has 644 valence electrons. The highest BCUT2D eigenvalue weighted by Crippen LogP contribution is 2.35. The first-order chi connectivity index (χ1) is 57.9. The molecule has 0 aliphatic carbocycles. The maximum absolute atomic E-state index is 11.8. The molecular weight excluding hydrogens is 1710 g/mol. The van der Waals surface area contributed by atoms with Gasteiger partial charge in [-0.2, -0.15) is 20.4 Å². The summed E-state index contributed by atoms with van der Waals surface area (Å²) >= 11 is 20.0. The molecule has 0 spiro atoms. The van der Waals surface area contributed by atoms with E-state index < -0.39 is 22.4 Å². The Morgan fingerprint density at radius 1 is 0.369 bits per heavy atom. The van der Waals surface area contributed by atoms with Crippen LogP contribution >= 0.6 is 55.1 Å². The first-order valence-corrected chi connectivity index (χ1v) is 42.9. The summed E-state index contributed by atoms with van der Waals surface area (Å²) in [5.74, 6) is 3.58. The molecule has 0 N–H and O–H groups in total. The van der Waals surface area contributed by atoms with Gasteiger partial charge in [0.1, 0.15) is 45.4 Å². The van der Waals surface area contributed by atoms with Gasteiger partial charge < -0.3 is 37.9 Å². The highest BCUT2D eigenvalue weighted by atomic mass is 79.9. The third-order valence-corrected chi connectivity index (χ3v) is 22.5. The van der Waals surface area contributed by atoms with Crippen molar-refractivity contribution in [1.82, 2.24) is 39.1 Å². The molecule has 12 aromatic rings. The second-order valence-corrected chi connectivity index (χ2v) is 34.6. The number of methoxy groups -OCH3 is 1. The van der Waals surface area contributed by atoms with Gasteiger partial charge in [0.15, 0.2) is 23.1 Å². The van der Waals surface area contributed by atoms with E-state index in [4.69, 9.17) is 81.5 Å². The Balaban J connectivity index is 0.000000185. The molecule has 0 atom stereocenters. The summed E-state index contributed by atoms with van der Waals surface area (Å²) in [5.41, 5.74) is 11.6. The lowest BCUT2D eigenvalue weighted by Crippen LogP contribution is -2.32. The number of nitrogens with zero attached hydrogens (tertiary/aromatic N) is 8. The number of benzene rings is 8. The van der Waals surface area contributed by atoms with E-state index in [-0.39, 0.29) is 55.7 Å². The Labute approximate surface area is 744 Å². The van der Waals surface area contributed by atoms with Crippen molar-refractivity contribution in [3.63, 3.8) is 0 Å². The van der Waals surface area contributed by atoms with Crippen LogP contribution in [0, 0.1) is 5.92 Å². The highest BCUT2D eigenvalue weighted by molar-refractivity contribution is 9.10. The van der Waals surface area contributed by atoms with E-state index >= 15 is 0 Å². The van der Waals surface area contributed by atoms with Crippen LogP contribution in [-0.4, -0.2) is 111 Å². The molecule has 20 nitrogen and oxygen atoms in total. The molecule has 0 unspecified atom stereocenters. The van der Waals surface area contributed by atoms with Crippen molar-refractivity contribution >= 4 is 78.2 Å². The number of rotatable bonds is 36. The standard InChI is InChI=1S/C26H31ClN2O3.C25H29BrN2O3.C24H27ClN2O3.C23H25BrN2O3/c1-18(2)16-31-23-11-8-10-20(13-23)25-14-22(17-32-26(4,5)19(3)30)28-29(25)15-21-9-6-7-12-24(21)27;1-17(2)31-22-11-8-10-19(13-22)24-14-21(16-30-25(4,5)18(3)29)27-28(24)15-20-9-6-7-12-23(20)26;1-5-29-21-11-8-10-18(13-21)23-14-20(16-30-24(3,4)17(2)28)26-27(23)15-19-9-6-7-12-22(19)25;1-16(27)23(2,3)29-15-19-13-22(17-9-7-10-20(12-17)28-4)26(25-19)14-18-8-5-6-11-21(18)24/h6-14,18H,15-17H2,1-5H3;6-14,17H,15-16H2,1-5H3;6-14H,5,15-16H2,1-4H3;5-13H,14-15H2,1-4H3. The molecule has 122 heavy (non-hydrogen) atoms. The molecule has 24 heteroatoms. The molecule has 0 radical (unpaired) electrons. The maximum atomic E-state index is 11.8. The largest absolute Gasteiger partial charge is 0.497 e. The number of carbonyl (C=O) groups excluding carboxylic acids is 4. The predicted molar refractivity (Wildman–Crippen MR) is 490 cm³/mol. The van der Waals surface area contributed by atoms with E-state index in [2.05, 4.69) is 57.8 Å². The van der Waals surface area contributed by atoms with E-state index in [0.717, 1.165) is 122 Å². The Morgan fingerprint density at radius 2 is 0.648 bits per heavy atom. The zero-order chi connectivity index (χ0) is 88.6. The first kappa shape index (κ1) is 95.7. The fraction of sp³-hybridized carbons (Fsp3) is 0.347. The Hall–Kier alpha value is -10.1. The quantitative estimate of drug-likeness (QED) is 0.0357. The van der Waals surface area contributed by atoms with Crippen LogP contribution in [0.3, 0.4) is 0 Å². The molecule has 0 aliphatic heterocycles. The Kier molecular flexibility index (Phi) is 34.7. The van der Waals surface area contributed by atoms with Crippen molar-refractivity contribution in [1.29, 1.82) is 0 Å². The summed E-state index contributed by atoms with van der Waals surface area (Å²) < 4.78 is 56.1. The van der Waals surface area contributed by atoms with Gasteiger partial charge in [0.2, 0.25) is 0 Å². The first-order valence-electron chi connectivity index (χ1n) is 40.6. The minimum Gasteiger partial charge on any atom is -0.497 e. The lowest BCUT2D eigenvalue weighted by molar-refractivity contribution is -0.140. The number of Topliss-reactive ketones (excluding diaryl/α,β-unsaturated/α-hetero) is 4. The number of hydrogen-bond donors (Lipinski definition) is 0. The topological polar surface area (TPSA) is 213 Å². The monoisotopic (exact) mass is 1820 g/mol. The average molecular weight is 1820 g/mol. The van der Waals surface area contributed by atoms with E-state index in [1.54, 1.807) is 62.5 Å². The lowest BCUT2D eigenvalue weighted by Gasteiger charge is -2.21. The van der Waals surface area contributed by atoms with Gasteiger partial charge in [0, 0.05) is 41.2 Å². The maximum Gasteiger partial charge on any atom is 0.161 e. The predicted octanol–water partition coefficient (Wildman–Crippen LogP) is 23.0. The number of hydrogen-bond acceptors (Lipinski definition) is 16.